The Labute approximate surface area is 104 Å². The fraction of sp³-hybridized carbons (Fsp3) is 0.923. The van der Waals surface area contributed by atoms with Gasteiger partial charge in [0.15, 0.2) is 0 Å². The van der Waals surface area contributed by atoms with Gasteiger partial charge >= 0.3 is 0 Å². The summed E-state index contributed by atoms with van der Waals surface area (Å²) in [5, 5.41) is 6.24. The predicted molar refractivity (Wildman–Crippen MR) is 68.9 cm³/mol. The first-order chi connectivity index (χ1) is 8.22. The largest absolute Gasteiger partial charge is 0.385 e. The molecule has 17 heavy (non-hydrogen) atoms. The Bertz CT molecular complexity index is 221. The summed E-state index contributed by atoms with van der Waals surface area (Å²) in [5.74, 6) is 0.894. The van der Waals surface area contributed by atoms with Crippen LogP contribution in [0.5, 0.6) is 0 Å². The normalized spacial score (nSPS) is 24.6. The van der Waals surface area contributed by atoms with Crippen molar-refractivity contribution in [2.75, 3.05) is 26.8 Å². The monoisotopic (exact) mass is 242 g/mol. The highest BCUT2D eigenvalue weighted by Gasteiger charge is 2.18. The number of rotatable bonds is 7. The molecule has 2 N–H and O–H groups in total. The smallest absolute Gasteiger partial charge is 0.233 e. The van der Waals surface area contributed by atoms with Gasteiger partial charge in [-0.25, -0.2) is 0 Å². The van der Waals surface area contributed by atoms with Crippen molar-refractivity contribution < 1.29 is 9.53 Å². The van der Waals surface area contributed by atoms with Crippen LogP contribution in [-0.4, -0.2) is 38.8 Å². The highest BCUT2D eigenvalue weighted by atomic mass is 16.5. The molecule has 0 bridgehead atoms. The highest BCUT2D eigenvalue weighted by molar-refractivity contribution is 5.77. The van der Waals surface area contributed by atoms with Crippen molar-refractivity contribution in [3.63, 3.8) is 0 Å². The van der Waals surface area contributed by atoms with Crippen molar-refractivity contribution in [2.24, 2.45) is 5.92 Å². The second kappa shape index (κ2) is 8.48. The number of hydrogen-bond donors (Lipinski definition) is 2. The average Bonchev–Trinajstić information content (AvgIpc) is 2.32. The molecule has 0 heterocycles. The Morgan fingerprint density at radius 2 is 2.24 bits per heavy atom. The Morgan fingerprint density at radius 1 is 1.41 bits per heavy atom. The van der Waals surface area contributed by atoms with Crippen LogP contribution in [0, 0.1) is 5.92 Å². The number of ether oxygens (including phenoxy) is 1. The summed E-state index contributed by atoms with van der Waals surface area (Å²) in [6, 6.07) is 0.531. The van der Waals surface area contributed by atoms with Gasteiger partial charge in [0.25, 0.3) is 0 Å². The summed E-state index contributed by atoms with van der Waals surface area (Å²) in [7, 11) is 1.67. The van der Waals surface area contributed by atoms with Crippen molar-refractivity contribution in [3.8, 4) is 0 Å². The fourth-order valence-electron chi connectivity index (χ4n) is 2.36. The molecular weight excluding hydrogens is 216 g/mol. The molecule has 1 amide bonds. The topological polar surface area (TPSA) is 50.4 Å². The molecule has 2 unspecified atom stereocenters. The first kappa shape index (κ1) is 14.5. The molecule has 1 aliphatic carbocycles. The van der Waals surface area contributed by atoms with Gasteiger partial charge in [0.2, 0.25) is 5.91 Å². The predicted octanol–water partition coefficient (Wildman–Crippen LogP) is 1.31. The van der Waals surface area contributed by atoms with Crippen molar-refractivity contribution in [2.45, 2.75) is 45.1 Å². The lowest BCUT2D eigenvalue weighted by molar-refractivity contribution is -0.120. The van der Waals surface area contributed by atoms with Gasteiger partial charge in [0.1, 0.15) is 0 Å². The van der Waals surface area contributed by atoms with Gasteiger partial charge in [-0.05, 0) is 25.2 Å². The molecule has 2 atom stereocenters. The standard InChI is InChI=1S/C13H26N2O2/c1-11-5-3-6-12(9-11)15-10-13(16)14-7-4-8-17-2/h11-12,15H,3-10H2,1-2H3,(H,14,16). The minimum atomic E-state index is 0.0966. The van der Waals surface area contributed by atoms with E-state index < -0.39 is 0 Å². The van der Waals surface area contributed by atoms with Gasteiger partial charge in [-0.3, -0.25) is 4.79 Å². The van der Waals surface area contributed by atoms with Crippen LogP contribution in [0.15, 0.2) is 0 Å². The molecule has 0 aliphatic heterocycles. The third-order valence-corrected chi connectivity index (χ3v) is 3.34. The Kier molecular flexibility index (Phi) is 7.21. The van der Waals surface area contributed by atoms with Crippen molar-refractivity contribution in [3.05, 3.63) is 0 Å². The number of amides is 1. The Balaban J connectivity index is 2.02. The molecule has 100 valence electrons. The van der Waals surface area contributed by atoms with E-state index in [1.807, 2.05) is 0 Å². The van der Waals surface area contributed by atoms with E-state index in [1.165, 1.54) is 25.7 Å². The second-order valence-electron chi connectivity index (χ2n) is 5.05. The van der Waals surface area contributed by atoms with Crippen LogP contribution in [-0.2, 0) is 9.53 Å². The SMILES string of the molecule is COCCCNC(=O)CNC1CCCC(C)C1. The summed E-state index contributed by atoms with van der Waals surface area (Å²) in [5.41, 5.74) is 0. The van der Waals surface area contributed by atoms with E-state index in [9.17, 15) is 4.79 Å². The number of carbonyl (C=O) groups excluding carboxylic acids is 1. The van der Waals surface area contributed by atoms with Crippen molar-refractivity contribution in [1.29, 1.82) is 0 Å². The molecule has 0 radical (unpaired) electrons. The van der Waals surface area contributed by atoms with E-state index in [0.717, 1.165) is 12.3 Å². The van der Waals surface area contributed by atoms with E-state index in [0.29, 0.717) is 25.7 Å². The van der Waals surface area contributed by atoms with Crippen molar-refractivity contribution in [1.82, 2.24) is 10.6 Å². The zero-order valence-corrected chi connectivity index (χ0v) is 11.1. The van der Waals surface area contributed by atoms with E-state index in [1.54, 1.807) is 7.11 Å². The third kappa shape index (κ3) is 6.64. The molecule has 0 saturated heterocycles. The lowest BCUT2D eigenvalue weighted by atomic mass is 9.87. The minimum Gasteiger partial charge on any atom is -0.385 e. The molecule has 1 saturated carbocycles. The van der Waals surface area contributed by atoms with Crippen LogP contribution in [0.25, 0.3) is 0 Å². The van der Waals surface area contributed by atoms with E-state index in [2.05, 4.69) is 17.6 Å². The second-order valence-corrected chi connectivity index (χ2v) is 5.05. The summed E-state index contributed by atoms with van der Waals surface area (Å²) in [6.07, 6.45) is 5.91. The van der Waals surface area contributed by atoms with Crippen LogP contribution in [0.2, 0.25) is 0 Å². The lowest BCUT2D eigenvalue weighted by Gasteiger charge is -2.27. The fourth-order valence-corrected chi connectivity index (χ4v) is 2.36. The maximum atomic E-state index is 11.5. The molecule has 1 rings (SSSR count). The first-order valence-electron chi connectivity index (χ1n) is 6.71. The van der Waals surface area contributed by atoms with Crippen molar-refractivity contribution >= 4 is 5.91 Å². The maximum Gasteiger partial charge on any atom is 0.233 e. The maximum absolute atomic E-state index is 11.5. The molecule has 0 spiro atoms. The first-order valence-corrected chi connectivity index (χ1v) is 6.71. The minimum absolute atomic E-state index is 0.0966. The number of carbonyl (C=O) groups is 1. The molecule has 0 aromatic heterocycles. The van der Waals surface area contributed by atoms with Crippen LogP contribution < -0.4 is 10.6 Å². The van der Waals surface area contributed by atoms with Crippen LogP contribution in [0.1, 0.15) is 39.0 Å². The Morgan fingerprint density at radius 3 is 2.94 bits per heavy atom. The summed E-state index contributed by atoms with van der Waals surface area (Å²) in [4.78, 5) is 11.5. The number of nitrogens with one attached hydrogen (secondary N) is 2. The molecule has 4 nitrogen and oxygen atoms in total. The van der Waals surface area contributed by atoms with Crippen LogP contribution >= 0.6 is 0 Å². The zero-order chi connectivity index (χ0) is 12.5. The average molecular weight is 242 g/mol. The van der Waals surface area contributed by atoms with Gasteiger partial charge in [-0.15, -0.1) is 0 Å². The van der Waals surface area contributed by atoms with Crippen LogP contribution in [0.3, 0.4) is 0 Å². The number of methoxy groups -OCH3 is 1. The molecule has 1 fully saturated rings. The third-order valence-electron chi connectivity index (χ3n) is 3.34. The molecule has 4 heteroatoms. The summed E-state index contributed by atoms with van der Waals surface area (Å²) >= 11 is 0. The van der Waals surface area contributed by atoms with Crippen LogP contribution in [0.4, 0.5) is 0 Å². The number of hydrogen-bond acceptors (Lipinski definition) is 3. The molecule has 0 aromatic rings. The van der Waals surface area contributed by atoms with Gasteiger partial charge in [0.05, 0.1) is 6.54 Å². The molecular formula is C13H26N2O2. The van der Waals surface area contributed by atoms with Gasteiger partial charge in [-0.2, -0.15) is 0 Å². The van der Waals surface area contributed by atoms with E-state index in [-0.39, 0.29) is 5.91 Å². The van der Waals surface area contributed by atoms with E-state index in [4.69, 9.17) is 4.74 Å². The summed E-state index contributed by atoms with van der Waals surface area (Å²) < 4.78 is 4.92. The van der Waals surface area contributed by atoms with E-state index >= 15 is 0 Å². The zero-order valence-electron chi connectivity index (χ0n) is 11.1. The summed E-state index contributed by atoms with van der Waals surface area (Å²) in [6.45, 7) is 4.15. The highest BCUT2D eigenvalue weighted by Crippen LogP contribution is 2.23. The van der Waals surface area contributed by atoms with Gasteiger partial charge in [0, 0.05) is 26.3 Å². The molecule has 0 aromatic carbocycles. The quantitative estimate of drug-likeness (QED) is 0.662. The Hall–Kier alpha value is -0.610. The van der Waals surface area contributed by atoms with Gasteiger partial charge < -0.3 is 15.4 Å². The molecule has 1 aliphatic rings. The lowest BCUT2D eigenvalue weighted by Crippen LogP contribution is -2.41. The van der Waals surface area contributed by atoms with Gasteiger partial charge in [-0.1, -0.05) is 19.8 Å².